The number of pyridine rings is 1. The zero-order valence-electron chi connectivity index (χ0n) is 7.13. The Bertz CT molecular complexity index is 306. The molecule has 0 bridgehead atoms. The minimum Gasteiger partial charge on any atom is -0.369 e. The van der Waals surface area contributed by atoms with Gasteiger partial charge >= 0.3 is 0 Å². The minimum atomic E-state index is 0.553. The number of nitriles is 1. The molecule has 4 heteroatoms. The molecule has 68 valence electrons. The molecule has 0 radical (unpaired) electrons. The van der Waals surface area contributed by atoms with Crippen molar-refractivity contribution in [1.82, 2.24) is 4.98 Å². The van der Waals surface area contributed by atoms with Gasteiger partial charge in [-0.3, -0.25) is 0 Å². The molecule has 0 aromatic carbocycles. The van der Waals surface area contributed by atoms with Crippen molar-refractivity contribution in [1.29, 1.82) is 5.26 Å². The Labute approximate surface area is 82.4 Å². The Hall–Kier alpha value is -1.27. The molecule has 1 aromatic rings. The van der Waals surface area contributed by atoms with Crippen molar-refractivity contribution in [2.75, 3.05) is 11.9 Å². The fourth-order valence-electron chi connectivity index (χ4n) is 0.890. The van der Waals surface area contributed by atoms with Gasteiger partial charge in [-0.05, 0) is 18.6 Å². The van der Waals surface area contributed by atoms with Crippen LogP contribution in [0.3, 0.4) is 0 Å². The number of hydrogen-bond acceptors (Lipinski definition) is 3. The number of unbranched alkanes of at least 4 members (excludes halogenated alkanes) is 1. The predicted octanol–water partition coefficient (Wildman–Crippen LogP) is 2.45. The predicted molar refractivity (Wildman–Crippen MR) is 52.6 cm³/mol. The number of hydrogen-bond donors (Lipinski definition) is 1. The van der Waals surface area contributed by atoms with Crippen LogP contribution in [-0.4, -0.2) is 11.5 Å². The number of nitrogens with zero attached hydrogens (tertiary/aromatic N) is 2. The number of aromatic nitrogens is 1. The smallest absolute Gasteiger partial charge is 0.144 e. The Morgan fingerprint density at radius 1 is 1.62 bits per heavy atom. The van der Waals surface area contributed by atoms with Gasteiger partial charge in [0.15, 0.2) is 0 Å². The van der Waals surface area contributed by atoms with E-state index in [9.17, 15) is 0 Å². The lowest BCUT2D eigenvalue weighted by Gasteiger charge is -2.04. The van der Waals surface area contributed by atoms with Crippen LogP contribution in [0.5, 0.6) is 0 Å². The van der Waals surface area contributed by atoms with Crippen molar-refractivity contribution in [3.8, 4) is 6.07 Å². The maximum Gasteiger partial charge on any atom is 0.144 e. The average molecular weight is 196 g/mol. The van der Waals surface area contributed by atoms with Crippen LogP contribution in [0.2, 0.25) is 5.02 Å². The summed E-state index contributed by atoms with van der Waals surface area (Å²) in [4.78, 5) is 4.05. The lowest BCUT2D eigenvalue weighted by atomic mass is 10.3. The van der Waals surface area contributed by atoms with E-state index >= 15 is 0 Å². The molecule has 0 aliphatic rings. The second-order valence-corrected chi connectivity index (χ2v) is 2.93. The third-order valence-electron chi connectivity index (χ3n) is 1.52. The highest BCUT2D eigenvalue weighted by Gasteiger charge is 1.97. The van der Waals surface area contributed by atoms with Crippen LogP contribution in [0.1, 0.15) is 12.8 Å². The first-order valence-electron chi connectivity index (χ1n) is 4.06. The summed E-state index contributed by atoms with van der Waals surface area (Å²) in [6, 6.07) is 5.63. The second kappa shape index (κ2) is 5.39. The Kier molecular flexibility index (Phi) is 4.07. The van der Waals surface area contributed by atoms with Gasteiger partial charge in [-0.25, -0.2) is 4.98 Å². The maximum absolute atomic E-state index is 8.30. The van der Waals surface area contributed by atoms with Gasteiger partial charge in [0.05, 0.1) is 11.1 Å². The van der Waals surface area contributed by atoms with Crippen molar-refractivity contribution in [3.63, 3.8) is 0 Å². The molecule has 13 heavy (non-hydrogen) atoms. The largest absolute Gasteiger partial charge is 0.369 e. The molecule has 0 amide bonds. The molecule has 0 unspecified atom stereocenters. The van der Waals surface area contributed by atoms with E-state index in [1.807, 2.05) is 0 Å². The van der Waals surface area contributed by atoms with Gasteiger partial charge in [0, 0.05) is 19.2 Å². The highest BCUT2D eigenvalue weighted by atomic mass is 35.5. The van der Waals surface area contributed by atoms with Gasteiger partial charge in [-0.2, -0.15) is 5.26 Å². The molecular formula is C9H10ClN3. The Balaban J connectivity index is 2.37. The summed E-state index contributed by atoms with van der Waals surface area (Å²) in [7, 11) is 0. The van der Waals surface area contributed by atoms with Crippen LogP contribution in [0.15, 0.2) is 18.3 Å². The second-order valence-electron chi connectivity index (χ2n) is 2.52. The monoisotopic (exact) mass is 195 g/mol. The molecule has 1 N–H and O–H groups in total. The van der Waals surface area contributed by atoms with Crippen molar-refractivity contribution in [2.24, 2.45) is 0 Å². The molecule has 3 nitrogen and oxygen atoms in total. The normalized spacial score (nSPS) is 9.23. The van der Waals surface area contributed by atoms with Gasteiger partial charge in [-0.1, -0.05) is 11.6 Å². The molecule has 0 atom stereocenters. The maximum atomic E-state index is 8.30. The van der Waals surface area contributed by atoms with Crippen LogP contribution >= 0.6 is 11.6 Å². The summed E-state index contributed by atoms with van der Waals surface area (Å²) < 4.78 is 0. The summed E-state index contributed by atoms with van der Waals surface area (Å²) in [5.74, 6) is 0.683. The highest BCUT2D eigenvalue weighted by molar-refractivity contribution is 6.32. The molecule has 0 aliphatic carbocycles. The van der Waals surface area contributed by atoms with Crippen molar-refractivity contribution in [3.05, 3.63) is 23.4 Å². The fraction of sp³-hybridized carbons (Fsp3) is 0.333. The SMILES string of the molecule is N#CCCCNc1ncccc1Cl. The van der Waals surface area contributed by atoms with Crippen LogP contribution in [0, 0.1) is 11.3 Å². The molecule has 1 rings (SSSR count). The van der Waals surface area contributed by atoms with E-state index < -0.39 is 0 Å². The van der Waals surface area contributed by atoms with E-state index in [1.165, 1.54) is 0 Å². The van der Waals surface area contributed by atoms with Crippen LogP contribution < -0.4 is 5.32 Å². The molecule has 1 aromatic heterocycles. The number of rotatable bonds is 4. The molecule has 0 spiro atoms. The lowest BCUT2D eigenvalue weighted by molar-refractivity contribution is 0.892. The van der Waals surface area contributed by atoms with Crippen molar-refractivity contribution >= 4 is 17.4 Å². The zero-order chi connectivity index (χ0) is 9.52. The Morgan fingerprint density at radius 2 is 2.46 bits per heavy atom. The zero-order valence-corrected chi connectivity index (χ0v) is 7.88. The summed E-state index contributed by atoms with van der Waals surface area (Å²) >= 11 is 5.85. The number of anilines is 1. The highest BCUT2D eigenvalue weighted by Crippen LogP contribution is 2.16. The molecule has 0 saturated heterocycles. The first-order valence-corrected chi connectivity index (χ1v) is 4.43. The fourth-order valence-corrected chi connectivity index (χ4v) is 1.08. The third kappa shape index (κ3) is 3.30. The molecule has 0 fully saturated rings. The van der Waals surface area contributed by atoms with E-state index in [4.69, 9.17) is 16.9 Å². The van der Waals surface area contributed by atoms with E-state index in [2.05, 4.69) is 16.4 Å². The van der Waals surface area contributed by atoms with Gasteiger partial charge in [0.25, 0.3) is 0 Å². The summed E-state index contributed by atoms with van der Waals surface area (Å²) in [6.07, 6.45) is 3.04. The van der Waals surface area contributed by atoms with Gasteiger partial charge in [0.1, 0.15) is 5.82 Å². The number of halogens is 1. The first-order chi connectivity index (χ1) is 6.34. The van der Waals surface area contributed by atoms with E-state index in [0.29, 0.717) is 17.3 Å². The van der Waals surface area contributed by atoms with Crippen LogP contribution in [0.4, 0.5) is 5.82 Å². The average Bonchev–Trinajstić information content (AvgIpc) is 2.15. The standard InChI is InChI=1S/C9H10ClN3/c10-8-4-3-7-13-9(8)12-6-2-1-5-11/h3-4,7H,1-2,6H2,(H,12,13). The van der Waals surface area contributed by atoms with Crippen molar-refractivity contribution < 1.29 is 0 Å². The van der Waals surface area contributed by atoms with Crippen LogP contribution in [0.25, 0.3) is 0 Å². The van der Waals surface area contributed by atoms with Gasteiger partial charge < -0.3 is 5.32 Å². The first kappa shape index (κ1) is 9.82. The quantitative estimate of drug-likeness (QED) is 0.751. The van der Waals surface area contributed by atoms with Gasteiger partial charge in [0.2, 0.25) is 0 Å². The topological polar surface area (TPSA) is 48.7 Å². The third-order valence-corrected chi connectivity index (χ3v) is 1.82. The molecular weight excluding hydrogens is 186 g/mol. The van der Waals surface area contributed by atoms with Gasteiger partial charge in [-0.15, -0.1) is 0 Å². The summed E-state index contributed by atoms with van der Waals surface area (Å²) in [5.41, 5.74) is 0. The molecule has 0 aliphatic heterocycles. The lowest BCUT2D eigenvalue weighted by Crippen LogP contribution is -2.02. The van der Waals surface area contributed by atoms with E-state index in [1.54, 1.807) is 18.3 Å². The van der Waals surface area contributed by atoms with E-state index in [-0.39, 0.29) is 0 Å². The Morgan fingerprint density at radius 3 is 3.15 bits per heavy atom. The summed E-state index contributed by atoms with van der Waals surface area (Å²) in [5, 5.41) is 12.0. The number of nitrogens with one attached hydrogen (secondary N) is 1. The molecule has 0 saturated carbocycles. The molecule has 1 heterocycles. The van der Waals surface area contributed by atoms with Crippen molar-refractivity contribution in [2.45, 2.75) is 12.8 Å². The van der Waals surface area contributed by atoms with E-state index in [0.717, 1.165) is 13.0 Å². The summed E-state index contributed by atoms with van der Waals surface area (Å²) in [6.45, 7) is 0.726. The minimum absolute atomic E-state index is 0.553. The van der Waals surface area contributed by atoms with Crippen LogP contribution in [-0.2, 0) is 0 Å².